The number of amides is 9. The third-order valence-electron chi connectivity index (χ3n) is 10.1. The van der Waals surface area contributed by atoms with E-state index in [0.29, 0.717) is 32.2 Å². The van der Waals surface area contributed by atoms with Crippen molar-refractivity contribution in [3.05, 3.63) is 0 Å². The fraction of sp³-hybridized carbons (Fsp3) is 0.732. The first kappa shape index (κ1) is 61.0. The average Bonchev–Trinajstić information content (AvgIpc) is 3.24. The number of hydrogen-bond acceptors (Lipinski definition) is 15. The van der Waals surface area contributed by atoms with Crippen LogP contribution in [0.3, 0.4) is 0 Å². The van der Waals surface area contributed by atoms with Gasteiger partial charge in [-0.25, -0.2) is 4.79 Å². The number of nitrogens with one attached hydrogen (secondary N) is 8. The molecule has 0 aliphatic carbocycles. The van der Waals surface area contributed by atoms with E-state index in [1.807, 2.05) is 0 Å². The van der Waals surface area contributed by atoms with E-state index in [9.17, 15) is 63.0 Å². The predicted molar refractivity (Wildman–Crippen MR) is 240 cm³/mol. The van der Waals surface area contributed by atoms with Crippen LogP contribution in [0, 0.1) is 11.8 Å². The van der Waals surface area contributed by atoms with Crippen LogP contribution >= 0.6 is 0 Å². The summed E-state index contributed by atoms with van der Waals surface area (Å²) in [7, 11) is 0. The van der Waals surface area contributed by atoms with Crippen molar-refractivity contribution in [2.75, 3.05) is 19.7 Å². The highest BCUT2D eigenvalue weighted by Crippen LogP contribution is 2.11. The van der Waals surface area contributed by atoms with E-state index < -0.39 is 151 Å². The van der Waals surface area contributed by atoms with Crippen molar-refractivity contribution in [2.45, 2.75) is 160 Å². The molecular weight excluding hydrogens is 885 g/mol. The minimum atomic E-state index is -1.74. The topological polar surface area (TPSA) is 449 Å². The molecule has 0 heterocycles. The molecule has 0 fully saturated rings. The summed E-state index contributed by atoms with van der Waals surface area (Å²) < 4.78 is 0. The number of aliphatic hydroxyl groups excluding tert-OH is 1. The Labute approximate surface area is 389 Å². The van der Waals surface area contributed by atoms with Gasteiger partial charge in [0.25, 0.3) is 0 Å². The minimum absolute atomic E-state index is 0.0602. The first-order valence-corrected chi connectivity index (χ1v) is 22.2. The van der Waals surface area contributed by atoms with Crippen LogP contribution in [0.5, 0.6) is 0 Å². The number of aliphatic hydroxyl groups is 1. The van der Waals surface area contributed by atoms with E-state index >= 15 is 0 Å². The summed E-state index contributed by atoms with van der Waals surface area (Å²) in [5.41, 5.74) is 22.0. The first-order valence-electron chi connectivity index (χ1n) is 22.2. The highest BCUT2D eigenvalue weighted by molar-refractivity contribution is 5.99. The third-order valence-corrected chi connectivity index (χ3v) is 10.1. The normalized spacial score (nSPS) is 15.2. The number of carboxylic acids is 2. The number of carbonyl (C=O) groups is 11. The molecule has 0 aliphatic rings. The predicted octanol–water partition coefficient (Wildman–Crippen LogP) is -4.99. The molecular formula is C41H74N12O14. The van der Waals surface area contributed by atoms with Crippen LogP contribution in [0.4, 0.5) is 0 Å². The Morgan fingerprint density at radius 1 is 0.493 bits per heavy atom. The summed E-state index contributed by atoms with van der Waals surface area (Å²) in [6, 6.07) is -12.5. The molecule has 0 bridgehead atoms. The maximum Gasteiger partial charge on any atom is 0.326 e. The van der Waals surface area contributed by atoms with E-state index in [4.69, 9.17) is 28.0 Å². The number of nitrogens with two attached hydrogens (primary N) is 4. The van der Waals surface area contributed by atoms with Gasteiger partial charge in [0.15, 0.2) is 0 Å². The molecule has 26 heteroatoms. The monoisotopic (exact) mass is 959 g/mol. The van der Waals surface area contributed by atoms with E-state index in [0.717, 1.165) is 0 Å². The molecule has 0 saturated heterocycles. The highest BCUT2D eigenvalue weighted by Gasteiger charge is 2.35. The quantitative estimate of drug-likeness (QED) is 0.0269. The summed E-state index contributed by atoms with van der Waals surface area (Å²) in [5, 5.41) is 47.4. The van der Waals surface area contributed by atoms with E-state index in [1.54, 1.807) is 13.8 Å². The number of primary amides is 1. The van der Waals surface area contributed by atoms with Crippen LogP contribution in [0.25, 0.3) is 0 Å². The second-order valence-corrected chi connectivity index (χ2v) is 16.9. The molecule has 0 aliphatic heterocycles. The fourth-order valence-corrected chi connectivity index (χ4v) is 6.20. The number of carbonyl (C=O) groups excluding carboxylic acids is 9. The zero-order valence-electron chi connectivity index (χ0n) is 39.2. The molecule has 9 amide bonds. The molecule has 67 heavy (non-hydrogen) atoms. The van der Waals surface area contributed by atoms with Crippen molar-refractivity contribution in [3.63, 3.8) is 0 Å². The van der Waals surface area contributed by atoms with Gasteiger partial charge >= 0.3 is 11.9 Å². The van der Waals surface area contributed by atoms with Crippen molar-refractivity contribution in [3.8, 4) is 0 Å². The summed E-state index contributed by atoms with van der Waals surface area (Å²) in [6.45, 7) is 8.96. The van der Waals surface area contributed by atoms with Crippen LogP contribution in [-0.2, 0) is 52.7 Å². The largest absolute Gasteiger partial charge is 0.481 e. The molecule has 0 unspecified atom stereocenters. The molecule has 0 aromatic carbocycles. The standard InChI is InChI=1S/C41H74N12O14/c1-20(2)17-29(41(66)67)52-37(62)26(12-8-10-16-43)49-36(61)25(11-7-9-15-42)48-33(58)23(6)47-40(65)32(21(3)4)53-38(63)27(13-14-31(56)57)50-39(64)28(18-30(45)55)51-34(59)22(5)46-35(60)24(44)19-54/h20-29,32,54H,7-19,42-44H2,1-6H3,(H2,45,55)(H,46,60)(H,47,65)(H,48,58)(H,49,61)(H,50,64)(H,51,59)(H,52,62)(H,53,63)(H,56,57)(H,66,67)/t22-,23-,24-,25-,26-,27-,28-,29-,32-/m0/s1. The number of unbranched alkanes of at least 4 members (excludes halogenated alkanes) is 2. The number of aliphatic carboxylic acids is 2. The Balaban J connectivity index is 6.27. The Morgan fingerprint density at radius 3 is 1.30 bits per heavy atom. The molecule has 0 rings (SSSR count). The SMILES string of the molecule is CC(C)C[C@H](NC(=O)[C@H](CCCCN)NC(=O)[C@H](CCCCN)NC(=O)[C@H](C)NC(=O)[C@@H](NC(=O)[C@H](CCC(=O)O)NC(=O)[C@H](CC(N)=O)NC(=O)[C@H](C)NC(=O)[C@@H](N)CO)C(C)C)C(=O)O. The second kappa shape index (κ2) is 31.8. The molecule has 0 radical (unpaired) electrons. The third kappa shape index (κ3) is 24.4. The Bertz CT molecular complexity index is 1700. The lowest BCUT2D eigenvalue weighted by molar-refractivity contribution is -0.143. The van der Waals surface area contributed by atoms with Gasteiger partial charge in [0, 0.05) is 6.42 Å². The zero-order valence-corrected chi connectivity index (χ0v) is 39.2. The zero-order chi connectivity index (χ0) is 51.6. The van der Waals surface area contributed by atoms with Crippen LogP contribution in [0.15, 0.2) is 0 Å². The molecule has 0 aromatic rings. The maximum atomic E-state index is 13.7. The van der Waals surface area contributed by atoms with Gasteiger partial charge in [-0.15, -0.1) is 0 Å². The number of carboxylic acid groups (broad SMARTS) is 2. The summed E-state index contributed by atoms with van der Waals surface area (Å²) in [6.07, 6.45) is 0.0193. The van der Waals surface area contributed by atoms with Crippen LogP contribution < -0.4 is 65.5 Å². The van der Waals surface area contributed by atoms with Gasteiger partial charge < -0.3 is 80.8 Å². The lowest BCUT2D eigenvalue weighted by Crippen LogP contribution is -2.61. The van der Waals surface area contributed by atoms with Crippen LogP contribution in [0.1, 0.15) is 106 Å². The molecule has 382 valence electrons. The van der Waals surface area contributed by atoms with Gasteiger partial charge in [0.1, 0.15) is 54.4 Å². The van der Waals surface area contributed by atoms with E-state index in [2.05, 4.69) is 42.5 Å². The van der Waals surface area contributed by atoms with Gasteiger partial charge in [-0.3, -0.25) is 47.9 Å². The van der Waals surface area contributed by atoms with Crippen LogP contribution in [-0.4, -0.2) is 154 Å². The minimum Gasteiger partial charge on any atom is -0.481 e. The molecule has 0 saturated carbocycles. The lowest BCUT2D eigenvalue weighted by Gasteiger charge is -2.28. The fourth-order valence-electron chi connectivity index (χ4n) is 6.20. The Kier molecular flexibility index (Phi) is 29.0. The van der Waals surface area contributed by atoms with Gasteiger partial charge in [0.2, 0.25) is 53.2 Å². The first-order chi connectivity index (χ1) is 31.3. The molecule has 0 spiro atoms. The number of hydrogen-bond donors (Lipinski definition) is 15. The Morgan fingerprint density at radius 2 is 0.896 bits per heavy atom. The average molecular weight is 959 g/mol. The lowest BCUT2D eigenvalue weighted by atomic mass is 10.0. The summed E-state index contributed by atoms with van der Waals surface area (Å²) in [4.78, 5) is 141. The van der Waals surface area contributed by atoms with Gasteiger partial charge in [-0.2, -0.15) is 0 Å². The smallest absolute Gasteiger partial charge is 0.326 e. The maximum absolute atomic E-state index is 13.7. The number of rotatable bonds is 34. The van der Waals surface area contributed by atoms with Crippen molar-refractivity contribution < 1.29 is 68.1 Å². The molecule has 9 atom stereocenters. The van der Waals surface area contributed by atoms with E-state index in [-0.39, 0.29) is 31.7 Å². The Hall–Kier alpha value is -5.99. The highest BCUT2D eigenvalue weighted by atomic mass is 16.4. The van der Waals surface area contributed by atoms with Crippen molar-refractivity contribution in [1.82, 2.24) is 42.5 Å². The summed E-state index contributed by atoms with van der Waals surface area (Å²) >= 11 is 0. The summed E-state index contributed by atoms with van der Waals surface area (Å²) in [5.74, 6) is -11.9. The van der Waals surface area contributed by atoms with Crippen molar-refractivity contribution in [1.29, 1.82) is 0 Å². The second-order valence-electron chi connectivity index (χ2n) is 16.9. The molecule has 26 nitrogen and oxygen atoms in total. The molecule has 0 aromatic heterocycles. The molecule has 19 N–H and O–H groups in total. The van der Waals surface area contributed by atoms with Gasteiger partial charge in [-0.05, 0) is 90.1 Å². The van der Waals surface area contributed by atoms with E-state index in [1.165, 1.54) is 27.7 Å². The van der Waals surface area contributed by atoms with Crippen LogP contribution in [0.2, 0.25) is 0 Å². The van der Waals surface area contributed by atoms with Crippen molar-refractivity contribution >= 4 is 65.1 Å². The van der Waals surface area contributed by atoms with Gasteiger partial charge in [-0.1, -0.05) is 27.7 Å². The van der Waals surface area contributed by atoms with Crippen molar-refractivity contribution in [2.24, 2.45) is 34.8 Å². The van der Waals surface area contributed by atoms with Gasteiger partial charge in [0.05, 0.1) is 13.0 Å².